The molecule has 0 saturated heterocycles. The number of nitrogens with zero attached hydrogens (tertiary/aromatic N) is 2. The number of aromatic nitrogens is 2. The molecular weight excluding hydrogens is 320 g/mol. The minimum atomic E-state index is -0.489. The van der Waals surface area contributed by atoms with Gasteiger partial charge in [0.15, 0.2) is 0 Å². The minimum absolute atomic E-state index is 0.184. The predicted octanol–water partition coefficient (Wildman–Crippen LogP) is 2.88. The van der Waals surface area contributed by atoms with Crippen LogP contribution in [0, 0.1) is 0 Å². The van der Waals surface area contributed by atoms with Crippen LogP contribution >= 0.6 is 15.9 Å². The first kappa shape index (κ1) is 15.0. The van der Waals surface area contributed by atoms with Gasteiger partial charge in [0, 0.05) is 11.0 Å². The largest absolute Gasteiger partial charge is 0.320 e. The van der Waals surface area contributed by atoms with Gasteiger partial charge in [0.25, 0.3) is 0 Å². The second-order valence-corrected chi connectivity index (χ2v) is 5.61. The number of hydrogen-bond donors (Lipinski definition) is 2. The Labute approximate surface area is 126 Å². The van der Waals surface area contributed by atoms with Crippen molar-refractivity contribution in [1.29, 1.82) is 0 Å². The van der Waals surface area contributed by atoms with Gasteiger partial charge in [0.05, 0.1) is 17.1 Å². The molecule has 108 valence electrons. The van der Waals surface area contributed by atoms with Crippen molar-refractivity contribution < 1.29 is 4.79 Å². The highest BCUT2D eigenvalue weighted by atomic mass is 79.9. The fourth-order valence-electron chi connectivity index (χ4n) is 2.16. The molecule has 0 aliphatic rings. The first-order chi connectivity index (χ1) is 9.56. The molecule has 0 radical (unpaired) electrons. The molecule has 1 aromatic heterocycles. The van der Waals surface area contributed by atoms with E-state index in [1.807, 2.05) is 36.6 Å². The van der Waals surface area contributed by atoms with Crippen LogP contribution in [0.25, 0.3) is 11.0 Å². The summed E-state index contributed by atoms with van der Waals surface area (Å²) in [6, 6.07) is 5.39. The number of aryl methyl sites for hydroxylation is 1. The number of nitrogens with one attached hydrogen (secondary N) is 1. The van der Waals surface area contributed by atoms with Gasteiger partial charge >= 0.3 is 0 Å². The van der Waals surface area contributed by atoms with E-state index in [1.54, 1.807) is 0 Å². The molecular formula is C14H19BrN4O. The quantitative estimate of drug-likeness (QED) is 0.880. The highest BCUT2D eigenvalue weighted by molar-refractivity contribution is 9.10. The summed E-state index contributed by atoms with van der Waals surface area (Å²) in [4.78, 5) is 16.5. The second-order valence-electron chi connectivity index (χ2n) is 4.70. The topological polar surface area (TPSA) is 72.9 Å². The Balaban J connectivity index is 2.32. The van der Waals surface area contributed by atoms with Gasteiger partial charge < -0.3 is 10.3 Å². The Morgan fingerprint density at radius 3 is 2.90 bits per heavy atom. The Bertz CT molecular complexity index is 623. The number of rotatable bonds is 5. The van der Waals surface area contributed by atoms with Crippen molar-refractivity contribution in [2.75, 3.05) is 5.32 Å². The lowest BCUT2D eigenvalue weighted by Gasteiger charge is -2.11. The van der Waals surface area contributed by atoms with E-state index in [1.165, 1.54) is 0 Å². The van der Waals surface area contributed by atoms with Crippen molar-refractivity contribution in [3.8, 4) is 0 Å². The summed E-state index contributed by atoms with van der Waals surface area (Å²) in [5, 5.41) is 2.83. The van der Waals surface area contributed by atoms with Crippen LogP contribution in [0.4, 0.5) is 5.95 Å². The number of hydrogen-bond acceptors (Lipinski definition) is 3. The van der Waals surface area contributed by atoms with Crippen molar-refractivity contribution >= 4 is 38.8 Å². The minimum Gasteiger partial charge on any atom is -0.320 e. The molecule has 1 unspecified atom stereocenters. The molecule has 0 bridgehead atoms. The maximum absolute atomic E-state index is 12.0. The van der Waals surface area contributed by atoms with Crippen LogP contribution < -0.4 is 11.1 Å². The lowest BCUT2D eigenvalue weighted by molar-refractivity contribution is -0.117. The van der Waals surface area contributed by atoms with Gasteiger partial charge in [-0.1, -0.05) is 29.3 Å². The fourth-order valence-corrected chi connectivity index (χ4v) is 2.51. The molecule has 0 saturated carbocycles. The van der Waals surface area contributed by atoms with Crippen molar-refractivity contribution in [2.45, 2.75) is 39.3 Å². The SMILES string of the molecule is CCCC(N)C(=O)Nc1nc2cc(Br)ccc2n1CC. The second kappa shape index (κ2) is 6.37. The van der Waals surface area contributed by atoms with Crippen molar-refractivity contribution in [2.24, 2.45) is 5.73 Å². The number of fused-ring (bicyclic) bond motifs is 1. The molecule has 2 rings (SSSR count). The van der Waals surface area contributed by atoms with Gasteiger partial charge in [-0.05, 0) is 31.5 Å². The Morgan fingerprint density at radius 1 is 1.50 bits per heavy atom. The van der Waals surface area contributed by atoms with Gasteiger partial charge in [0.2, 0.25) is 11.9 Å². The Hall–Kier alpha value is -1.40. The Kier molecular flexibility index (Phi) is 4.77. The number of benzene rings is 1. The number of halogens is 1. The summed E-state index contributed by atoms with van der Waals surface area (Å²) in [7, 11) is 0. The van der Waals surface area contributed by atoms with E-state index < -0.39 is 6.04 Å². The lowest BCUT2D eigenvalue weighted by Crippen LogP contribution is -2.36. The van der Waals surface area contributed by atoms with Crippen molar-refractivity contribution in [3.05, 3.63) is 22.7 Å². The van der Waals surface area contributed by atoms with Gasteiger partial charge in [-0.15, -0.1) is 0 Å². The van der Waals surface area contributed by atoms with Crippen LogP contribution in [0.15, 0.2) is 22.7 Å². The van der Waals surface area contributed by atoms with Crippen LogP contribution in [-0.4, -0.2) is 21.5 Å². The van der Waals surface area contributed by atoms with Gasteiger partial charge in [-0.2, -0.15) is 0 Å². The highest BCUT2D eigenvalue weighted by Gasteiger charge is 2.16. The van der Waals surface area contributed by atoms with Crippen LogP contribution in [0.3, 0.4) is 0 Å². The van der Waals surface area contributed by atoms with Crippen LogP contribution in [0.2, 0.25) is 0 Å². The molecule has 0 spiro atoms. The van der Waals surface area contributed by atoms with Crippen LogP contribution in [0.5, 0.6) is 0 Å². The third kappa shape index (κ3) is 3.02. The molecule has 0 aliphatic carbocycles. The molecule has 1 amide bonds. The zero-order chi connectivity index (χ0) is 14.7. The smallest absolute Gasteiger partial charge is 0.243 e. The summed E-state index contributed by atoms with van der Waals surface area (Å²) >= 11 is 3.43. The number of anilines is 1. The normalized spacial score (nSPS) is 12.6. The molecule has 3 N–H and O–H groups in total. The summed E-state index contributed by atoms with van der Waals surface area (Å²) < 4.78 is 2.93. The van der Waals surface area contributed by atoms with Crippen LogP contribution in [-0.2, 0) is 11.3 Å². The Morgan fingerprint density at radius 2 is 2.25 bits per heavy atom. The summed E-state index contributed by atoms with van der Waals surface area (Å²) in [5.41, 5.74) is 7.67. The van der Waals surface area contributed by atoms with Gasteiger partial charge in [0.1, 0.15) is 0 Å². The summed E-state index contributed by atoms with van der Waals surface area (Å²) in [6.45, 7) is 4.76. The average Bonchev–Trinajstić information content (AvgIpc) is 2.74. The van der Waals surface area contributed by atoms with E-state index in [-0.39, 0.29) is 5.91 Å². The number of nitrogens with two attached hydrogens (primary N) is 1. The monoisotopic (exact) mass is 338 g/mol. The van der Waals surface area contributed by atoms with Crippen molar-refractivity contribution in [3.63, 3.8) is 0 Å². The molecule has 20 heavy (non-hydrogen) atoms. The molecule has 1 heterocycles. The van der Waals surface area contributed by atoms with E-state index in [0.29, 0.717) is 12.4 Å². The van der Waals surface area contributed by atoms with E-state index >= 15 is 0 Å². The van der Waals surface area contributed by atoms with E-state index in [9.17, 15) is 4.79 Å². The zero-order valence-corrected chi connectivity index (χ0v) is 13.3. The number of imidazole rings is 1. The van der Waals surface area contributed by atoms with Crippen LogP contribution in [0.1, 0.15) is 26.7 Å². The maximum Gasteiger partial charge on any atom is 0.243 e. The molecule has 1 aromatic carbocycles. The highest BCUT2D eigenvalue weighted by Crippen LogP contribution is 2.23. The third-order valence-electron chi connectivity index (χ3n) is 3.20. The number of carbonyl (C=O) groups is 1. The van der Waals surface area contributed by atoms with Gasteiger partial charge in [-0.3, -0.25) is 10.1 Å². The first-order valence-electron chi connectivity index (χ1n) is 6.79. The first-order valence-corrected chi connectivity index (χ1v) is 7.58. The molecule has 0 fully saturated rings. The molecule has 6 heteroatoms. The molecule has 2 aromatic rings. The maximum atomic E-state index is 12.0. The van der Waals surface area contributed by atoms with E-state index in [2.05, 4.69) is 26.2 Å². The predicted molar refractivity (Wildman–Crippen MR) is 84.6 cm³/mol. The average molecular weight is 339 g/mol. The fraction of sp³-hybridized carbons (Fsp3) is 0.429. The molecule has 5 nitrogen and oxygen atoms in total. The molecule has 0 aliphatic heterocycles. The molecule has 1 atom stereocenters. The lowest BCUT2D eigenvalue weighted by atomic mass is 10.2. The number of carbonyl (C=O) groups excluding carboxylic acids is 1. The summed E-state index contributed by atoms with van der Waals surface area (Å²) in [5.74, 6) is 0.369. The van der Waals surface area contributed by atoms with E-state index in [0.717, 1.165) is 28.5 Å². The van der Waals surface area contributed by atoms with Gasteiger partial charge in [-0.25, -0.2) is 4.98 Å². The van der Waals surface area contributed by atoms with E-state index in [4.69, 9.17) is 5.73 Å². The summed E-state index contributed by atoms with van der Waals surface area (Å²) in [6.07, 6.45) is 1.55. The zero-order valence-electron chi connectivity index (χ0n) is 11.7. The third-order valence-corrected chi connectivity index (χ3v) is 3.69. The standard InChI is InChI=1S/C14H19BrN4O/c1-3-5-10(16)13(20)18-14-17-11-8-9(15)6-7-12(11)19(14)4-2/h6-8,10H,3-5,16H2,1-2H3,(H,17,18,20). The number of amides is 1. The van der Waals surface area contributed by atoms with Crippen molar-refractivity contribution in [1.82, 2.24) is 9.55 Å².